The number of aromatic nitrogens is 1. The lowest BCUT2D eigenvalue weighted by atomic mass is 9.97. The van der Waals surface area contributed by atoms with Crippen molar-refractivity contribution in [2.45, 2.75) is 19.8 Å². The van der Waals surface area contributed by atoms with Crippen molar-refractivity contribution >= 4 is 17.5 Å². The van der Waals surface area contributed by atoms with Gasteiger partial charge in [0, 0.05) is 6.54 Å². The Kier molecular flexibility index (Phi) is 5.38. The van der Waals surface area contributed by atoms with Gasteiger partial charge >= 0.3 is 5.97 Å². The lowest BCUT2D eigenvalue weighted by Gasteiger charge is -2.29. The third-order valence-electron chi connectivity index (χ3n) is 3.84. The normalized spacial score (nSPS) is 16.7. The quantitative estimate of drug-likeness (QED) is 0.802. The van der Waals surface area contributed by atoms with Crippen molar-refractivity contribution in [2.75, 3.05) is 44.3 Å². The van der Waals surface area contributed by atoms with Crippen molar-refractivity contribution in [3.63, 3.8) is 0 Å². The minimum Gasteiger partial charge on any atom is -0.462 e. The fourth-order valence-corrected chi connectivity index (χ4v) is 2.46. The van der Waals surface area contributed by atoms with Gasteiger partial charge in [-0.05, 0) is 51.9 Å². The number of anilines is 2. The van der Waals surface area contributed by atoms with Gasteiger partial charge in [-0.25, -0.2) is 9.78 Å². The van der Waals surface area contributed by atoms with Crippen LogP contribution in [0.5, 0.6) is 0 Å². The number of pyridine rings is 1. The van der Waals surface area contributed by atoms with E-state index in [9.17, 15) is 4.79 Å². The van der Waals surface area contributed by atoms with Gasteiger partial charge in [-0.3, -0.25) is 0 Å². The molecule has 0 amide bonds. The molecule has 3 N–H and O–H groups in total. The van der Waals surface area contributed by atoms with E-state index in [-0.39, 0.29) is 0 Å². The number of nitrogens with two attached hydrogens (primary N) is 1. The average Bonchev–Trinajstić information content (AvgIpc) is 2.48. The van der Waals surface area contributed by atoms with Gasteiger partial charge in [-0.2, -0.15) is 0 Å². The number of nitrogens with one attached hydrogen (secondary N) is 1. The van der Waals surface area contributed by atoms with Gasteiger partial charge in [0.1, 0.15) is 5.82 Å². The van der Waals surface area contributed by atoms with Crippen LogP contribution < -0.4 is 11.1 Å². The molecule has 6 heteroatoms. The topological polar surface area (TPSA) is 80.5 Å². The summed E-state index contributed by atoms with van der Waals surface area (Å²) in [4.78, 5) is 18.4. The molecule has 0 saturated carbocycles. The number of nitrogen functional groups attached to an aromatic ring is 1. The second-order valence-electron chi connectivity index (χ2n) is 5.50. The van der Waals surface area contributed by atoms with Crippen molar-refractivity contribution in [1.82, 2.24) is 9.88 Å². The Hall–Kier alpha value is -1.82. The van der Waals surface area contributed by atoms with E-state index in [0.717, 1.165) is 19.6 Å². The molecule has 1 fully saturated rings. The first-order valence-electron chi connectivity index (χ1n) is 7.45. The summed E-state index contributed by atoms with van der Waals surface area (Å²) < 4.78 is 4.99. The minimum absolute atomic E-state index is 0.332. The maximum Gasteiger partial charge on any atom is 0.340 e. The molecule has 1 aromatic heterocycles. The first kappa shape index (κ1) is 15.6. The van der Waals surface area contributed by atoms with Crippen LogP contribution in [0.15, 0.2) is 12.3 Å². The highest BCUT2D eigenvalue weighted by Gasteiger charge is 2.17. The standard InChI is InChI=1S/C15H24N4O2/c1-3-21-15(20)12-8-14(18-10-13(12)16)17-9-11-4-6-19(2)7-5-11/h8,10-11H,3-7,9,16H2,1-2H3,(H,17,18). The molecular formula is C15H24N4O2. The van der Waals surface area contributed by atoms with Crippen LogP contribution in [0.3, 0.4) is 0 Å². The van der Waals surface area contributed by atoms with Gasteiger partial charge in [0.25, 0.3) is 0 Å². The van der Waals surface area contributed by atoms with E-state index in [4.69, 9.17) is 10.5 Å². The highest BCUT2D eigenvalue weighted by Crippen LogP contribution is 2.19. The van der Waals surface area contributed by atoms with E-state index in [1.165, 1.54) is 19.0 Å². The average molecular weight is 292 g/mol. The Morgan fingerprint density at radius 3 is 2.90 bits per heavy atom. The van der Waals surface area contributed by atoms with Crippen LogP contribution in [0.2, 0.25) is 0 Å². The number of ether oxygens (including phenoxy) is 1. The third kappa shape index (κ3) is 4.32. The van der Waals surface area contributed by atoms with Crippen molar-refractivity contribution in [1.29, 1.82) is 0 Å². The van der Waals surface area contributed by atoms with Gasteiger partial charge in [-0.1, -0.05) is 0 Å². The van der Waals surface area contributed by atoms with E-state index < -0.39 is 5.97 Å². The van der Waals surface area contributed by atoms with E-state index in [1.807, 2.05) is 0 Å². The molecule has 2 rings (SSSR count). The molecule has 0 unspecified atom stereocenters. The number of rotatable bonds is 5. The number of hydrogen-bond acceptors (Lipinski definition) is 6. The van der Waals surface area contributed by atoms with Crippen molar-refractivity contribution < 1.29 is 9.53 Å². The monoisotopic (exact) mass is 292 g/mol. The number of carbonyl (C=O) groups excluding carboxylic acids is 1. The van der Waals surface area contributed by atoms with Crippen LogP contribution in [-0.4, -0.2) is 49.1 Å². The predicted octanol–water partition coefficient (Wildman–Crippen LogP) is 1.59. The van der Waals surface area contributed by atoms with Crippen LogP contribution in [-0.2, 0) is 4.74 Å². The zero-order valence-electron chi connectivity index (χ0n) is 12.8. The summed E-state index contributed by atoms with van der Waals surface area (Å²) in [5.41, 5.74) is 6.50. The number of likely N-dealkylation sites (tertiary alicyclic amines) is 1. The largest absolute Gasteiger partial charge is 0.462 e. The predicted molar refractivity (Wildman–Crippen MR) is 83.3 cm³/mol. The molecule has 0 atom stereocenters. The lowest BCUT2D eigenvalue weighted by Crippen LogP contribution is -2.33. The fraction of sp³-hybridized carbons (Fsp3) is 0.600. The number of piperidine rings is 1. The summed E-state index contributed by atoms with van der Waals surface area (Å²) in [6.45, 7) is 5.24. The number of esters is 1. The Labute approximate surface area is 125 Å². The van der Waals surface area contributed by atoms with E-state index in [2.05, 4.69) is 22.2 Å². The molecule has 0 radical (unpaired) electrons. The summed E-state index contributed by atoms with van der Waals surface area (Å²) in [6, 6.07) is 1.67. The molecule has 0 aromatic carbocycles. The molecule has 116 valence electrons. The molecule has 1 aliphatic rings. The van der Waals surface area contributed by atoms with E-state index in [1.54, 1.807) is 13.0 Å². The third-order valence-corrected chi connectivity index (χ3v) is 3.84. The number of carbonyl (C=O) groups is 1. The summed E-state index contributed by atoms with van der Waals surface area (Å²) in [6.07, 6.45) is 3.87. The smallest absolute Gasteiger partial charge is 0.340 e. The molecule has 1 saturated heterocycles. The summed E-state index contributed by atoms with van der Waals surface area (Å²) in [7, 11) is 2.15. The summed E-state index contributed by atoms with van der Waals surface area (Å²) in [5, 5.41) is 3.30. The zero-order chi connectivity index (χ0) is 15.2. The highest BCUT2D eigenvalue weighted by molar-refractivity contribution is 5.95. The SMILES string of the molecule is CCOC(=O)c1cc(NCC2CCN(C)CC2)ncc1N. The molecule has 1 aromatic rings. The first-order valence-corrected chi connectivity index (χ1v) is 7.45. The fourth-order valence-electron chi connectivity index (χ4n) is 2.46. The van der Waals surface area contributed by atoms with E-state index in [0.29, 0.717) is 29.6 Å². The number of nitrogens with zero attached hydrogens (tertiary/aromatic N) is 2. The lowest BCUT2D eigenvalue weighted by molar-refractivity contribution is 0.0527. The molecule has 0 aliphatic carbocycles. The van der Waals surface area contributed by atoms with Gasteiger partial charge in [0.15, 0.2) is 0 Å². The molecule has 6 nitrogen and oxygen atoms in total. The van der Waals surface area contributed by atoms with Gasteiger partial charge < -0.3 is 20.7 Å². The van der Waals surface area contributed by atoms with Crippen LogP contribution in [0, 0.1) is 5.92 Å². The number of hydrogen-bond donors (Lipinski definition) is 2. The van der Waals surface area contributed by atoms with Gasteiger partial charge in [-0.15, -0.1) is 0 Å². The zero-order valence-corrected chi connectivity index (χ0v) is 12.8. The van der Waals surface area contributed by atoms with Crippen molar-refractivity contribution in [3.8, 4) is 0 Å². The second kappa shape index (κ2) is 7.26. The molecule has 2 heterocycles. The van der Waals surface area contributed by atoms with Crippen LogP contribution in [0.25, 0.3) is 0 Å². The maximum absolute atomic E-state index is 11.8. The maximum atomic E-state index is 11.8. The summed E-state index contributed by atoms with van der Waals surface area (Å²) in [5.74, 6) is 0.914. The molecule has 1 aliphatic heterocycles. The minimum atomic E-state index is -0.403. The van der Waals surface area contributed by atoms with Crippen LogP contribution in [0.1, 0.15) is 30.1 Å². The molecule has 0 spiro atoms. The van der Waals surface area contributed by atoms with Crippen LogP contribution >= 0.6 is 0 Å². The summed E-state index contributed by atoms with van der Waals surface area (Å²) >= 11 is 0. The Balaban J connectivity index is 1.94. The van der Waals surface area contributed by atoms with E-state index >= 15 is 0 Å². The molecule has 0 bridgehead atoms. The highest BCUT2D eigenvalue weighted by atomic mass is 16.5. The second-order valence-corrected chi connectivity index (χ2v) is 5.50. The Morgan fingerprint density at radius 1 is 1.52 bits per heavy atom. The van der Waals surface area contributed by atoms with Gasteiger partial charge in [0.2, 0.25) is 0 Å². The first-order chi connectivity index (χ1) is 10.1. The van der Waals surface area contributed by atoms with Gasteiger partial charge in [0.05, 0.1) is 24.1 Å². The van der Waals surface area contributed by atoms with Crippen molar-refractivity contribution in [2.24, 2.45) is 5.92 Å². The molecular weight excluding hydrogens is 268 g/mol. The van der Waals surface area contributed by atoms with Crippen molar-refractivity contribution in [3.05, 3.63) is 17.8 Å². The molecule has 21 heavy (non-hydrogen) atoms. The Morgan fingerprint density at radius 2 is 2.24 bits per heavy atom. The Bertz CT molecular complexity index is 485. The van der Waals surface area contributed by atoms with Crippen LogP contribution in [0.4, 0.5) is 11.5 Å².